The van der Waals surface area contributed by atoms with Crippen LogP contribution in [0, 0.1) is 0 Å². The van der Waals surface area contributed by atoms with Gasteiger partial charge in [-0.05, 0) is 25.0 Å². The zero-order valence-corrected chi connectivity index (χ0v) is 11.1. The van der Waals surface area contributed by atoms with Crippen LogP contribution in [0.1, 0.15) is 26.2 Å². The fourth-order valence-corrected chi connectivity index (χ4v) is 4.64. The van der Waals surface area contributed by atoms with Crippen molar-refractivity contribution < 1.29 is 9.53 Å². The van der Waals surface area contributed by atoms with Crippen LogP contribution in [0.15, 0.2) is 17.5 Å². The molecule has 1 atom stereocenters. The first kappa shape index (κ1) is 12.3. The molecular weight excluding hydrogens is 204 g/mol. The van der Waals surface area contributed by atoms with Crippen LogP contribution in [0.5, 0.6) is 0 Å². The summed E-state index contributed by atoms with van der Waals surface area (Å²) in [5, 5.41) is 1.13. The highest BCUT2D eigenvalue weighted by Crippen LogP contribution is 2.36. The number of hydrogen-bond donors (Lipinski definition) is 0. The molecule has 0 radical (unpaired) electrons. The molecule has 1 saturated heterocycles. The van der Waals surface area contributed by atoms with Gasteiger partial charge in [-0.2, -0.15) is 0 Å². The lowest BCUT2D eigenvalue weighted by atomic mass is 9.95. The van der Waals surface area contributed by atoms with E-state index in [1.165, 1.54) is 0 Å². The summed E-state index contributed by atoms with van der Waals surface area (Å²) in [4.78, 5) is 11.4. The summed E-state index contributed by atoms with van der Waals surface area (Å²) in [6.07, 6.45) is 2.36. The van der Waals surface area contributed by atoms with Gasteiger partial charge in [-0.1, -0.05) is 26.2 Å². The van der Waals surface area contributed by atoms with Gasteiger partial charge in [0.15, 0.2) is 0 Å². The van der Waals surface area contributed by atoms with Crippen LogP contribution in [0.3, 0.4) is 0 Å². The predicted molar refractivity (Wildman–Crippen MR) is 64.3 cm³/mol. The van der Waals surface area contributed by atoms with Crippen molar-refractivity contribution in [2.75, 3.05) is 0 Å². The molecule has 0 aromatic carbocycles. The monoisotopic (exact) mass is 224 g/mol. The van der Waals surface area contributed by atoms with Gasteiger partial charge < -0.3 is 4.74 Å². The molecule has 0 aliphatic carbocycles. The molecular formula is C12H20O2Si. The van der Waals surface area contributed by atoms with Crippen LogP contribution in [0.4, 0.5) is 0 Å². The number of cyclic esters (lactones) is 1. The van der Waals surface area contributed by atoms with Crippen LogP contribution in [-0.4, -0.2) is 19.6 Å². The predicted octanol–water partition coefficient (Wildman–Crippen LogP) is 3.06. The summed E-state index contributed by atoms with van der Waals surface area (Å²) in [6.45, 7) is 12.4. The number of esters is 1. The Morgan fingerprint density at radius 3 is 2.53 bits per heavy atom. The molecule has 2 nitrogen and oxygen atoms in total. The highest BCUT2D eigenvalue weighted by atomic mass is 28.3. The fraction of sp³-hybridized carbons (Fsp3) is 0.667. The molecule has 15 heavy (non-hydrogen) atoms. The third kappa shape index (κ3) is 2.61. The van der Waals surface area contributed by atoms with Crippen molar-refractivity contribution in [1.82, 2.24) is 0 Å². The van der Waals surface area contributed by atoms with E-state index in [9.17, 15) is 4.79 Å². The lowest BCUT2D eigenvalue weighted by molar-refractivity contribution is -0.160. The molecule has 0 spiro atoms. The van der Waals surface area contributed by atoms with Gasteiger partial charge in [-0.3, -0.25) is 4.79 Å². The Labute approximate surface area is 93.0 Å². The highest BCUT2D eigenvalue weighted by Gasteiger charge is 2.41. The van der Waals surface area contributed by atoms with E-state index in [4.69, 9.17) is 4.74 Å². The standard InChI is InChI=1S/C12H20O2Si/c1-6-10(15(3,4)5)12(2)9-7-8-11(13)14-12/h1,7-9H2,2-5H3/t12-/m0/s1. The maximum absolute atomic E-state index is 11.4. The second kappa shape index (κ2) is 3.99. The van der Waals surface area contributed by atoms with E-state index in [1.807, 2.05) is 6.92 Å². The quantitative estimate of drug-likeness (QED) is 0.409. The summed E-state index contributed by atoms with van der Waals surface area (Å²) >= 11 is 0. The molecule has 0 saturated carbocycles. The SMILES string of the molecule is C=C=C([C@]1(C)CCCC(=O)O1)[Si](C)(C)C. The molecule has 0 bridgehead atoms. The second-order valence-corrected chi connectivity index (χ2v) is 10.4. The third-order valence-corrected chi connectivity index (χ3v) is 5.04. The molecule has 1 rings (SSSR count). The average Bonchev–Trinajstić information content (AvgIpc) is 2.00. The molecule has 1 aliphatic rings. The molecule has 1 aliphatic heterocycles. The van der Waals surface area contributed by atoms with Crippen molar-refractivity contribution in [3.8, 4) is 0 Å². The van der Waals surface area contributed by atoms with E-state index in [2.05, 4.69) is 32.0 Å². The second-order valence-electron chi connectivity index (χ2n) is 5.36. The van der Waals surface area contributed by atoms with Gasteiger partial charge >= 0.3 is 5.97 Å². The summed E-state index contributed by atoms with van der Waals surface area (Å²) < 4.78 is 5.51. The summed E-state index contributed by atoms with van der Waals surface area (Å²) in [6, 6.07) is 0. The highest BCUT2D eigenvalue weighted by molar-refractivity contribution is 6.83. The van der Waals surface area contributed by atoms with Gasteiger partial charge in [-0.15, -0.1) is 5.73 Å². The van der Waals surface area contributed by atoms with E-state index in [0.717, 1.165) is 18.0 Å². The van der Waals surface area contributed by atoms with Crippen LogP contribution in [0.2, 0.25) is 19.6 Å². The minimum atomic E-state index is -1.51. The van der Waals surface area contributed by atoms with Gasteiger partial charge in [0.05, 0.1) is 8.07 Å². The molecule has 3 heteroatoms. The molecule has 1 heterocycles. The zero-order valence-electron chi connectivity index (χ0n) is 10.1. The minimum Gasteiger partial charge on any atom is -0.455 e. The van der Waals surface area contributed by atoms with E-state index < -0.39 is 13.7 Å². The number of carbonyl (C=O) groups is 1. The number of ether oxygens (including phenoxy) is 1. The number of rotatable bonds is 2. The normalized spacial score (nSPS) is 26.8. The van der Waals surface area contributed by atoms with Gasteiger partial charge in [0.25, 0.3) is 0 Å². The first-order valence-electron chi connectivity index (χ1n) is 5.42. The van der Waals surface area contributed by atoms with Crippen molar-refractivity contribution >= 4 is 14.0 Å². The number of carbonyl (C=O) groups excluding carboxylic acids is 1. The maximum atomic E-state index is 11.4. The van der Waals surface area contributed by atoms with Crippen molar-refractivity contribution in [3.63, 3.8) is 0 Å². The van der Waals surface area contributed by atoms with E-state index in [0.29, 0.717) is 6.42 Å². The van der Waals surface area contributed by atoms with E-state index in [1.54, 1.807) is 0 Å². The molecule has 0 aromatic rings. The zero-order chi connectivity index (χ0) is 11.7. The lowest BCUT2D eigenvalue weighted by Gasteiger charge is -2.39. The molecule has 84 valence electrons. The molecule has 1 fully saturated rings. The minimum absolute atomic E-state index is 0.0882. The molecule has 0 unspecified atom stereocenters. The van der Waals surface area contributed by atoms with Gasteiger partial charge in [0.2, 0.25) is 0 Å². The van der Waals surface area contributed by atoms with Crippen LogP contribution in [0.25, 0.3) is 0 Å². The Kier molecular flexibility index (Phi) is 3.27. The molecule has 0 aromatic heterocycles. The van der Waals surface area contributed by atoms with Crippen molar-refractivity contribution in [3.05, 3.63) is 17.5 Å². The maximum Gasteiger partial charge on any atom is 0.306 e. The van der Waals surface area contributed by atoms with Crippen LogP contribution >= 0.6 is 0 Å². The largest absolute Gasteiger partial charge is 0.455 e. The lowest BCUT2D eigenvalue weighted by Crippen LogP contribution is -2.45. The van der Waals surface area contributed by atoms with E-state index >= 15 is 0 Å². The van der Waals surface area contributed by atoms with Gasteiger partial charge in [-0.25, -0.2) is 0 Å². The van der Waals surface area contributed by atoms with Crippen LogP contribution < -0.4 is 0 Å². The topological polar surface area (TPSA) is 26.3 Å². The average molecular weight is 224 g/mol. The van der Waals surface area contributed by atoms with Gasteiger partial charge in [0.1, 0.15) is 5.60 Å². The first-order valence-corrected chi connectivity index (χ1v) is 8.92. The Morgan fingerprint density at radius 2 is 2.13 bits per heavy atom. The Balaban J connectivity index is 3.03. The van der Waals surface area contributed by atoms with E-state index in [-0.39, 0.29) is 5.97 Å². The summed E-state index contributed by atoms with van der Waals surface area (Å²) in [7, 11) is -1.51. The summed E-state index contributed by atoms with van der Waals surface area (Å²) in [5.74, 6) is -0.0882. The fourth-order valence-electron chi connectivity index (χ4n) is 2.34. The van der Waals surface area contributed by atoms with Crippen LogP contribution in [-0.2, 0) is 9.53 Å². The Hall–Kier alpha value is -0.793. The summed E-state index contributed by atoms with van der Waals surface area (Å²) in [5.41, 5.74) is 2.58. The van der Waals surface area contributed by atoms with Crippen molar-refractivity contribution in [2.45, 2.75) is 51.4 Å². The smallest absolute Gasteiger partial charge is 0.306 e. The first-order chi connectivity index (χ1) is 6.79. The van der Waals surface area contributed by atoms with Crippen molar-refractivity contribution in [1.29, 1.82) is 0 Å². The third-order valence-electron chi connectivity index (χ3n) is 2.83. The molecule has 0 N–H and O–H groups in total. The Morgan fingerprint density at radius 1 is 1.53 bits per heavy atom. The molecule has 0 amide bonds. The Bertz CT molecular complexity index is 321. The van der Waals surface area contributed by atoms with Gasteiger partial charge in [0, 0.05) is 6.42 Å². The van der Waals surface area contributed by atoms with Crippen molar-refractivity contribution in [2.24, 2.45) is 0 Å². The number of hydrogen-bond acceptors (Lipinski definition) is 2.